The van der Waals surface area contributed by atoms with Crippen molar-refractivity contribution >= 4 is 29.3 Å². The molecule has 7 nitrogen and oxygen atoms in total. The SMILES string of the molecule is CCOc1nc(N)nc(Sc2ccc(NC(C)=O)cc2)n1. The number of carbonyl (C=O) groups is 1. The van der Waals surface area contributed by atoms with Crippen molar-refractivity contribution < 1.29 is 9.53 Å². The lowest BCUT2D eigenvalue weighted by molar-refractivity contribution is -0.114. The number of nitrogen functional groups attached to an aromatic ring is 1. The van der Waals surface area contributed by atoms with Gasteiger partial charge in [-0.25, -0.2) is 0 Å². The Labute approximate surface area is 126 Å². The van der Waals surface area contributed by atoms with E-state index in [2.05, 4.69) is 20.3 Å². The van der Waals surface area contributed by atoms with Crippen LogP contribution in [0.25, 0.3) is 0 Å². The fourth-order valence-corrected chi connectivity index (χ4v) is 2.25. The molecule has 2 aromatic rings. The van der Waals surface area contributed by atoms with Gasteiger partial charge in [-0.3, -0.25) is 4.79 Å². The summed E-state index contributed by atoms with van der Waals surface area (Å²) in [6, 6.07) is 7.53. The number of ether oxygens (including phenoxy) is 1. The minimum Gasteiger partial charge on any atom is -0.464 e. The van der Waals surface area contributed by atoms with E-state index < -0.39 is 0 Å². The highest BCUT2D eigenvalue weighted by atomic mass is 32.2. The average Bonchev–Trinajstić information content (AvgIpc) is 2.40. The predicted octanol–water partition coefficient (Wildman–Crippen LogP) is 1.96. The molecule has 0 aliphatic rings. The van der Waals surface area contributed by atoms with Crippen molar-refractivity contribution in [2.75, 3.05) is 17.7 Å². The molecule has 0 atom stereocenters. The Morgan fingerprint density at radius 1 is 1.29 bits per heavy atom. The minimum atomic E-state index is -0.109. The fraction of sp³-hybridized carbons (Fsp3) is 0.231. The number of nitrogens with two attached hydrogens (primary N) is 1. The van der Waals surface area contributed by atoms with Crippen LogP contribution < -0.4 is 15.8 Å². The third-order valence-electron chi connectivity index (χ3n) is 2.27. The Bertz CT molecular complexity index is 633. The molecule has 21 heavy (non-hydrogen) atoms. The number of aromatic nitrogens is 3. The van der Waals surface area contributed by atoms with Gasteiger partial charge in [0.2, 0.25) is 17.0 Å². The predicted molar refractivity (Wildman–Crippen MR) is 80.3 cm³/mol. The van der Waals surface area contributed by atoms with E-state index >= 15 is 0 Å². The lowest BCUT2D eigenvalue weighted by atomic mass is 10.3. The maximum Gasteiger partial charge on any atom is 0.322 e. The Kier molecular flexibility index (Phi) is 4.94. The van der Waals surface area contributed by atoms with Crippen LogP contribution in [-0.2, 0) is 4.79 Å². The number of carbonyl (C=O) groups excluding carboxylic acids is 1. The lowest BCUT2D eigenvalue weighted by Gasteiger charge is -2.06. The molecule has 2 rings (SSSR count). The van der Waals surface area contributed by atoms with Gasteiger partial charge in [0, 0.05) is 17.5 Å². The average molecular weight is 305 g/mol. The molecule has 3 N–H and O–H groups in total. The van der Waals surface area contributed by atoms with Crippen LogP contribution in [0.5, 0.6) is 6.01 Å². The van der Waals surface area contributed by atoms with Crippen molar-refractivity contribution in [1.82, 2.24) is 15.0 Å². The number of benzene rings is 1. The molecule has 0 aliphatic heterocycles. The number of anilines is 2. The van der Waals surface area contributed by atoms with Crippen LogP contribution in [0, 0.1) is 0 Å². The van der Waals surface area contributed by atoms with E-state index in [1.807, 2.05) is 19.1 Å². The highest BCUT2D eigenvalue weighted by Gasteiger charge is 2.07. The molecule has 8 heteroatoms. The van der Waals surface area contributed by atoms with Gasteiger partial charge in [-0.1, -0.05) is 0 Å². The van der Waals surface area contributed by atoms with Gasteiger partial charge in [0.1, 0.15) is 0 Å². The van der Waals surface area contributed by atoms with Gasteiger partial charge in [0.15, 0.2) is 0 Å². The van der Waals surface area contributed by atoms with Gasteiger partial charge in [-0.2, -0.15) is 15.0 Å². The van der Waals surface area contributed by atoms with E-state index in [4.69, 9.17) is 10.5 Å². The summed E-state index contributed by atoms with van der Waals surface area (Å²) >= 11 is 1.33. The van der Waals surface area contributed by atoms with E-state index in [1.54, 1.807) is 12.1 Å². The Hall–Kier alpha value is -2.35. The number of rotatable bonds is 5. The molecule has 1 aromatic carbocycles. The number of nitrogens with zero attached hydrogens (tertiary/aromatic N) is 3. The van der Waals surface area contributed by atoms with E-state index in [0.29, 0.717) is 11.8 Å². The Morgan fingerprint density at radius 2 is 2.00 bits per heavy atom. The van der Waals surface area contributed by atoms with Gasteiger partial charge in [0.25, 0.3) is 0 Å². The first-order valence-electron chi connectivity index (χ1n) is 6.26. The van der Waals surface area contributed by atoms with Gasteiger partial charge >= 0.3 is 6.01 Å². The standard InChI is InChI=1S/C13H15N5O2S/c1-3-20-12-16-11(14)17-13(18-12)21-10-6-4-9(5-7-10)15-8(2)19/h4-7H,3H2,1-2H3,(H,15,19)(H2,14,16,17,18). The zero-order valence-corrected chi connectivity index (χ0v) is 12.5. The van der Waals surface area contributed by atoms with Crippen LogP contribution in [0.1, 0.15) is 13.8 Å². The van der Waals surface area contributed by atoms with Gasteiger partial charge in [-0.05, 0) is 43.0 Å². The van der Waals surface area contributed by atoms with Crippen LogP contribution in [0.15, 0.2) is 34.3 Å². The van der Waals surface area contributed by atoms with E-state index in [9.17, 15) is 4.79 Å². The monoisotopic (exact) mass is 305 g/mol. The lowest BCUT2D eigenvalue weighted by Crippen LogP contribution is -2.05. The van der Waals surface area contributed by atoms with E-state index in [-0.39, 0.29) is 17.9 Å². The van der Waals surface area contributed by atoms with Crippen LogP contribution in [0.3, 0.4) is 0 Å². The zero-order valence-electron chi connectivity index (χ0n) is 11.7. The van der Waals surface area contributed by atoms with Crippen LogP contribution in [-0.4, -0.2) is 27.5 Å². The van der Waals surface area contributed by atoms with Crippen molar-refractivity contribution in [2.24, 2.45) is 0 Å². The quantitative estimate of drug-likeness (QED) is 0.870. The maximum absolute atomic E-state index is 11.0. The zero-order chi connectivity index (χ0) is 15.2. The second-order valence-corrected chi connectivity index (χ2v) is 5.04. The van der Waals surface area contributed by atoms with Gasteiger partial charge < -0.3 is 15.8 Å². The molecule has 0 saturated carbocycles. The molecule has 0 unspecified atom stereocenters. The molecule has 0 radical (unpaired) electrons. The van der Waals surface area contributed by atoms with E-state index in [1.165, 1.54) is 18.7 Å². The second kappa shape index (κ2) is 6.89. The topological polar surface area (TPSA) is 103 Å². The second-order valence-electron chi connectivity index (χ2n) is 4.00. The summed E-state index contributed by atoms with van der Waals surface area (Å²) in [6.45, 7) is 3.76. The van der Waals surface area contributed by atoms with Gasteiger partial charge in [-0.15, -0.1) is 0 Å². The third kappa shape index (κ3) is 4.60. The first kappa shape index (κ1) is 15.0. The van der Waals surface area contributed by atoms with Crippen molar-refractivity contribution in [3.63, 3.8) is 0 Å². The highest BCUT2D eigenvalue weighted by Crippen LogP contribution is 2.27. The first-order valence-corrected chi connectivity index (χ1v) is 7.08. The van der Waals surface area contributed by atoms with Crippen LogP contribution in [0.4, 0.5) is 11.6 Å². The normalized spacial score (nSPS) is 10.2. The Morgan fingerprint density at radius 3 is 2.62 bits per heavy atom. The van der Waals surface area contributed by atoms with Crippen molar-refractivity contribution in [3.05, 3.63) is 24.3 Å². The molecule has 1 aromatic heterocycles. The molecule has 0 saturated heterocycles. The van der Waals surface area contributed by atoms with Crippen LogP contribution in [0.2, 0.25) is 0 Å². The fourth-order valence-electron chi connectivity index (χ4n) is 1.51. The molecule has 110 valence electrons. The third-order valence-corrected chi connectivity index (χ3v) is 3.14. The Balaban J connectivity index is 2.12. The smallest absolute Gasteiger partial charge is 0.322 e. The maximum atomic E-state index is 11.0. The van der Waals surface area contributed by atoms with Crippen LogP contribution >= 0.6 is 11.8 Å². The van der Waals surface area contributed by atoms with Crippen molar-refractivity contribution in [1.29, 1.82) is 0 Å². The summed E-state index contributed by atoms with van der Waals surface area (Å²) in [4.78, 5) is 24.0. The van der Waals surface area contributed by atoms with Gasteiger partial charge in [0.05, 0.1) is 6.61 Å². The summed E-state index contributed by atoms with van der Waals surface area (Å²) in [5.74, 6) is 0.00724. The number of nitrogens with one attached hydrogen (secondary N) is 1. The minimum absolute atomic E-state index is 0.109. The summed E-state index contributed by atoms with van der Waals surface area (Å²) < 4.78 is 5.22. The van der Waals surface area contributed by atoms with Crippen molar-refractivity contribution in [2.45, 2.75) is 23.9 Å². The molecule has 1 amide bonds. The number of hydrogen-bond acceptors (Lipinski definition) is 7. The summed E-state index contributed by atoms with van der Waals surface area (Å²) in [5, 5.41) is 3.16. The largest absolute Gasteiger partial charge is 0.464 e. The molecule has 0 aliphatic carbocycles. The summed E-state index contributed by atoms with van der Waals surface area (Å²) in [6.07, 6.45) is 0. The summed E-state index contributed by atoms with van der Waals surface area (Å²) in [7, 11) is 0. The number of hydrogen-bond donors (Lipinski definition) is 2. The first-order chi connectivity index (χ1) is 10.1. The highest BCUT2D eigenvalue weighted by molar-refractivity contribution is 7.99. The molecule has 1 heterocycles. The number of amides is 1. The molecular weight excluding hydrogens is 290 g/mol. The van der Waals surface area contributed by atoms with E-state index in [0.717, 1.165) is 10.6 Å². The molecular formula is C13H15N5O2S. The summed E-state index contributed by atoms with van der Waals surface area (Å²) in [5.41, 5.74) is 6.35. The van der Waals surface area contributed by atoms with Crippen molar-refractivity contribution in [3.8, 4) is 6.01 Å². The molecule has 0 spiro atoms. The molecule has 0 bridgehead atoms. The molecule has 0 fully saturated rings.